The van der Waals surface area contributed by atoms with E-state index in [4.69, 9.17) is 0 Å². The van der Waals surface area contributed by atoms with Crippen LogP contribution < -0.4 is 0 Å². The Morgan fingerprint density at radius 3 is 1.92 bits per heavy atom. The van der Waals surface area contributed by atoms with Crippen LogP contribution in [0.1, 0.15) is 11.4 Å². The van der Waals surface area contributed by atoms with E-state index in [1.165, 1.54) is 11.4 Å². The average Bonchev–Trinajstić information content (AvgIpc) is 2.61. The fourth-order valence-electron chi connectivity index (χ4n) is 1.48. The zero-order valence-corrected chi connectivity index (χ0v) is 7.36. The lowest BCUT2D eigenvalue weighted by Crippen LogP contribution is -2.09. The molecular formula is C10H12N2. The van der Waals surface area contributed by atoms with Crippen LogP contribution in [0.25, 0.3) is 0 Å². The molecule has 0 aliphatic heterocycles. The molecule has 0 saturated heterocycles. The van der Waals surface area contributed by atoms with E-state index in [1.54, 1.807) is 0 Å². The van der Waals surface area contributed by atoms with Gasteiger partial charge in [0, 0.05) is 23.8 Å². The molecule has 2 heteroatoms. The first-order valence-electron chi connectivity index (χ1n) is 4.07. The molecule has 2 aromatic heterocycles. The molecule has 12 heavy (non-hydrogen) atoms. The SMILES string of the molecule is Cc1ccc(C)n1-n1cccc1. The van der Waals surface area contributed by atoms with E-state index in [-0.39, 0.29) is 0 Å². The Hall–Kier alpha value is -1.44. The van der Waals surface area contributed by atoms with Gasteiger partial charge in [-0.15, -0.1) is 0 Å². The molecule has 0 spiro atoms. The molecule has 0 aliphatic rings. The van der Waals surface area contributed by atoms with Gasteiger partial charge in [0.1, 0.15) is 0 Å². The number of hydrogen-bond acceptors (Lipinski definition) is 0. The van der Waals surface area contributed by atoms with Crippen LogP contribution in [0.3, 0.4) is 0 Å². The molecule has 0 atom stereocenters. The van der Waals surface area contributed by atoms with Crippen molar-refractivity contribution >= 4 is 0 Å². The summed E-state index contributed by atoms with van der Waals surface area (Å²) in [5, 5.41) is 0. The van der Waals surface area contributed by atoms with Crippen LogP contribution in [0.4, 0.5) is 0 Å². The molecule has 0 amide bonds. The van der Waals surface area contributed by atoms with Crippen molar-refractivity contribution in [1.29, 1.82) is 0 Å². The molecule has 0 unspecified atom stereocenters. The predicted octanol–water partition coefficient (Wildman–Crippen LogP) is 2.22. The fraction of sp³-hybridized carbons (Fsp3) is 0.200. The summed E-state index contributed by atoms with van der Waals surface area (Å²) in [6, 6.07) is 8.29. The Morgan fingerprint density at radius 1 is 0.917 bits per heavy atom. The highest BCUT2D eigenvalue weighted by atomic mass is 15.4. The van der Waals surface area contributed by atoms with Crippen molar-refractivity contribution in [2.75, 3.05) is 0 Å². The first-order valence-corrected chi connectivity index (χ1v) is 4.07. The van der Waals surface area contributed by atoms with E-state index in [0.717, 1.165) is 0 Å². The lowest BCUT2D eigenvalue weighted by molar-refractivity contribution is 0.629. The smallest absolute Gasteiger partial charge is 0.0376 e. The lowest BCUT2D eigenvalue weighted by Gasteiger charge is -2.09. The molecule has 0 radical (unpaired) electrons. The van der Waals surface area contributed by atoms with Gasteiger partial charge in [-0.3, -0.25) is 9.35 Å². The Kier molecular flexibility index (Phi) is 1.54. The Morgan fingerprint density at radius 2 is 1.42 bits per heavy atom. The maximum atomic E-state index is 2.17. The van der Waals surface area contributed by atoms with Crippen LogP contribution in [0.2, 0.25) is 0 Å². The van der Waals surface area contributed by atoms with E-state index in [0.29, 0.717) is 0 Å². The van der Waals surface area contributed by atoms with Crippen LogP contribution in [-0.2, 0) is 0 Å². The minimum atomic E-state index is 1.25. The van der Waals surface area contributed by atoms with Crippen LogP contribution in [0, 0.1) is 13.8 Å². The van der Waals surface area contributed by atoms with E-state index in [1.807, 2.05) is 24.5 Å². The highest BCUT2D eigenvalue weighted by molar-refractivity contribution is 5.14. The summed E-state index contributed by atoms with van der Waals surface area (Å²) in [5.74, 6) is 0. The monoisotopic (exact) mass is 160 g/mol. The standard InChI is InChI=1S/C10H12N2/c1-9-5-6-10(2)12(9)11-7-3-4-8-11/h3-8H,1-2H3. The van der Waals surface area contributed by atoms with Gasteiger partial charge in [0.15, 0.2) is 0 Å². The molecule has 2 aromatic rings. The average molecular weight is 160 g/mol. The first-order chi connectivity index (χ1) is 5.79. The second-order valence-electron chi connectivity index (χ2n) is 2.99. The van der Waals surface area contributed by atoms with E-state index in [2.05, 4.69) is 35.3 Å². The predicted molar refractivity (Wildman–Crippen MR) is 49.1 cm³/mol. The second-order valence-corrected chi connectivity index (χ2v) is 2.99. The molecule has 0 saturated carbocycles. The number of aryl methyl sites for hydroxylation is 2. The third kappa shape index (κ3) is 0.961. The van der Waals surface area contributed by atoms with E-state index < -0.39 is 0 Å². The van der Waals surface area contributed by atoms with E-state index in [9.17, 15) is 0 Å². The second kappa shape index (κ2) is 2.55. The number of aromatic nitrogens is 2. The summed E-state index contributed by atoms with van der Waals surface area (Å²) >= 11 is 0. The molecule has 0 aromatic carbocycles. The van der Waals surface area contributed by atoms with Gasteiger partial charge in [-0.05, 0) is 38.1 Å². The Bertz CT molecular complexity index is 349. The summed E-state index contributed by atoms with van der Waals surface area (Å²) < 4.78 is 4.24. The maximum absolute atomic E-state index is 2.17. The number of hydrogen-bond donors (Lipinski definition) is 0. The summed E-state index contributed by atoms with van der Waals surface area (Å²) in [6.45, 7) is 4.21. The molecular weight excluding hydrogens is 148 g/mol. The van der Waals surface area contributed by atoms with Crippen LogP contribution >= 0.6 is 0 Å². The van der Waals surface area contributed by atoms with Crippen molar-refractivity contribution in [3.05, 3.63) is 48.0 Å². The Balaban J connectivity index is 2.60. The molecule has 2 heterocycles. The largest absolute Gasteiger partial charge is 0.264 e. The van der Waals surface area contributed by atoms with Gasteiger partial charge in [0.25, 0.3) is 0 Å². The number of rotatable bonds is 1. The molecule has 2 nitrogen and oxygen atoms in total. The van der Waals surface area contributed by atoms with Crippen molar-refractivity contribution in [2.24, 2.45) is 0 Å². The highest BCUT2D eigenvalue weighted by Gasteiger charge is 1.99. The fourth-order valence-corrected chi connectivity index (χ4v) is 1.48. The first kappa shape index (κ1) is 7.22. The van der Waals surface area contributed by atoms with E-state index >= 15 is 0 Å². The van der Waals surface area contributed by atoms with Gasteiger partial charge in [0.2, 0.25) is 0 Å². The maximum Gasteiger partial charge on any atom is 0.0376 e. The van der Waals surface area contributed by atoms with Gasteiger partial charge in [-0.25, -0.2) is 0 Å². The minimum Gasteiger partial charge on any atom is -0.264 e. The van der Waals surface area contributed by atoms with Crippen molar-refractivity contribution in [1.82, 2.24) is 9.35 Å². The summed E-state index contributed by atoms with van der Waals surface area (Å²) in [6.07, 6.45) is 4.08. The quantitative estimate of drug-likeness (QED) is 0.605. The topological polar surface area (TPSA) is 9.86 Å². The molecule has 0 fully saturated rings. The number of nitrogens with zero attached hydrogens (tertiary/aromatic N) is 2. The third-order valence-corrected chi connectivity index (χ3v) is 2.05. The lowest BCUT2D eigenvalue weighted by atomic mass is 10.5. The summed E-state index contributed by atoms with van der Waals surface area (Å²) in [5.41, 5.74) is 2.51. The third-order valence-electron chi connectivity index (χ3n) is 2.05. The van der Waals surface area contributed by atoms with Crippen molar-refractivity contribution in [3.63, 3.8) is 0 Å². The van der Waals surface area contributed by atoms with Crippen molar-refractivity contribution < 1.29 is 0 Å². The molecule has 0 aliphatic carbocycles. The summed E-state index contributed by atoms with van der Waals surface area (Å²) in [7, 11) is 0. The normalized spacial score (nSPS) is 10.5. The minimum absolute atomic E-state index is 1.25. The summed E-state index contributed by atoms with van der Waals surface area (Å²) in [4.78, 5) is 0. The van der Waals surface area contributed by atoms with Crippen molar-refractivity contribution in [3.8, 4) is 0 Å². The van der Waals surface area contributed by atoms with Crippen LogP contribution in [0.15, 0.2) is 36.7 Å². The van der Waals surface area contributed by atoms with Gasteiger partial charge >= 0.3 is 0 Å². The molecule has 0 bridgehead atoms. The van der Waals surface area contributed by atoms with Gasteiger partial charge in [-0.1, -0.05) is 0 Å². The van der Waals surface area contributed by atoms with Crippen LogP contribution in [-0.4, -0.2) is 9.35 Å². The van der Waals surface area contributed by atoms with Crippen molar-refractivity contribution in [2.45, 2.75) is 13.8 Å². The van der Waals surface area contributed by atoms with Gasteiger partial charge in [-0.2, -0.15) is 0 Å². The zero-order chi connectivity index (χ0) is 8.55. The molecule has 2 rings (SSSR count). The van der Waals surface area contributed by atoms with Gasteiger partial charge < -0.3 is 0 Å². The Labute approximate surface area is 72.0 Å². The van der Waals surface area contributed by atoms with Crippen LogP contribution in [0.5, 0.6) is 0 Å². The molecule has 62 valence electrons. The zero-order valence-electron chi connectivity index (χ0n) is 7.36. The highest BCUT2D eigenvalue weighted by Crippen LogP contribution is 2.07. The molecule has 0 N–H and O–H groups in total. The van der Waals surface area contributed by atoms with Gasteiger partial charge in [0.05, 0.1) is 0 Å².